The van der Waals surface area contributed by atoms with Gasteiger partial charge >= 0.3 is 0 Å². The van der Waals surface area contributed by atoms with Gasteiger partial charge in [-0.2, -0.15) is 0 Å². The normalized spacial score (nSPS) is 10.4. The van der Waals surface area contributed by atoms with Gasteiger partial charge in [0.15, 0.2) is 6.29 Å². The van der Waals surface area contributed by atoms with Gasteiger partial charge in [0.25, 0.3) is 0 Å². The number of carbonyl (C=O) groups excluding carboxylic acids is 1. The molecule has 3 heteroatoms. The Kier molecular flexibility index (Phi) is 3.26. The number of carbonyl (C=O) groups is 1. The predicted octanol–water partition coefficient (Wildman–Crippen LogP) is 4.61. The Balaban J connectivity index is 2.52. The Bertz CT molecular complexity index is 520. The summed E-state index contributed by atoms with van der Waals surface area (Å²) in [5.74, 6) is 0. The highest BCUT2D eigenvalue weighted by atomic mass is 79.9. The minimum atomic E-state index is 0.772. The van der Waals surface area contributed by atoms with Gasteiger partial charge in [-0.05, 0) is 54.8 Å². The third-order valence-corrected chi connectivity index (χ3v) is 4.77. The van der Waals surface area contributed by atoms with E-state index < -0.39 is 0 Å². The number of thiophene rings is 1. The van der Waals surface area contributed by atoms with Crippen molar-refractivity contribution in [3.63, 3.8) is 0 Å². The lowest BCUT2D eigenvalue weighted by Crippen LogP contribution is -1.83. The highest BCUT2D eigenvalue weighted by Gasteiger charge is 2.06. The van der Waals surface area contributed by atoms with Gasteiger partial charge in [-0.1, -0.05) is 15.9 Å². The molecule has 2 rings (SSSR count). The van der Waals surface area contributed by atoms with Gasteiger partial charge in [-0.15, -0.1) is 11.3 Å². The standard InChI is InChI=1S/C13H11BrOS/c1-8-5-10(6-9(2)13(8)14)12-4-3-11(7-15)16-12/h3-7H,1-2H3. The zero-order valence-corrected chi connectivity index (χ0v) is 11.5. The van der Waals surface area contributed by atoms with Gasteiger partial charge in [0, 0.05) is 9.35 Å². The number of aldehydes is 1. The van der Waals surface area contributed by atoms with Crippen molar-refractivity contribution in [2.45, 2.75) is 13.8 Å². The lowest BCUT2D eigenvalue weighted by Gasteiger charge is -2.06. The molecule has 0 saturated heterocycles. The first kappa shape index (κ1) is 11.6. The van der Waals surface area contributed by atoms with Crippen LogP contribution in [0.4, 0.5) is 0 Å². The van der Waals surface area contributed by atoms with Crippen molar-refractivity contribution in [1.29, 1.82) is 0 Å². The Morgan fingerprint density at radius 2 is 1.81 bits per heavy atom. The highest BCUT2D eigenvalue weighted by molar-refractivity contribution is 9.10. The van der Waals surface area contributed by atoms with Crippen molar-refractivity contribution in [2.24, 2.45) is 0 Å². The molecule has 0 N–H and O–H groups in total. The van der Waals surface area contributed by atoms with Crippen LogP contribution in [0.2, 0.25) is 0 Å². The molecule has 0 radical (unpaired) electrons. The number of rotatable bonds is 2. The van der Waals surface area contributed by atoms with E-state index in [2.05, 4.69) is 41.9 Å². The first-order valence-electron chi connectivity index (χ1n) is 4.94. The minimum absolute atomic E-state index is 0.772. The molecule has 1 heterocycles. The van der Waals surface area contributed by atoms with E-state index in [9.17, 15) is 4.79 Å². The molecule has 0 bridgehead atoms. The van der Waals surface area contributed by atoms with E-state index in [4.69, 9.17) is 0 Å². The van der Waals surface area contributed by atoms with E-state index in [-0.39, 0.29) is 0 Å². The van der Waals surface area contributed by atoms with Crippen molar-refractivity contribution in [3.05, 3.63) is 44.7 Å². The fraction of sp³-hybridized carbons (Fsp3) is 0.154. The molecular formula is C13H11BrOS. The first-order chi connectivity index (χ1) is 7.61. The number of hydrogen-bond donors (Lipinski definition) is 0. The molecule has 0 amide bonds. The van der Waals surface area contributed by atoms with Crippen LogP contribution in [-0.4, -0.2) is 6.29 Å². The number of hydrogen-bond acceptors (Lipinski definition) is 2. The molecule has 0 saturated carbocycles. The Morgan fingerprint density at radius 1 is 1.19 bits per heavy atom. The molecule has 0 aliphatic heterocycles. The van der Waals surface area contributed by atoms with Crippen molar-refractivity contribution >= 4 is 33.6 Å². The molecule has 16 heavy (non-hydrogen) atoms. The summed E-state index contributed by atoms with van der Waals surface area (Å²) in [6.45, 7) is 4.16. The van der Waals surface area contributed by atoms with Gasteiger partial charge in [0.2, 0.25) is 0 Å². The fourth-order valence-corrected chi connectivity index (χ4v) is 2.70. The Labute approximate surface area is 107 Å². The quantitative estimate of drug-likeness (QED) is 0.740. The maximum Gasteiger partial charge on any atom is 0.160 e. The third kappa shape index (κ3) is 2.11. The molecule has 1 aromatic heterocycles. The summed E-state index contributed by atoms with van der Waals surface area (Å²) in [6.07, 6.45) is 0.896. The molecule has 0 aliphatic rings. The van der Waals surface area contributed by atoms with Gasteiger partial charge in [-0.25, -0.2) is 0 Å². The van der Waals surface area contributed by atoms with Gasteiger partial charge in [0.1, 0.15) is 0 Å². The van der Waals surface area contributed by atoms with Crippen LogP contribution in [0.1, 0.15) is 20.8 Å². The van der Waals surface area contributed by atoms with Crippen molar-refractivity contribution in [2.75, 3.05) is 0 Å². The smallest absolute Gasteiger partial charge is 0.160 e. The molecule has 0 unspecified atom stereocenters. The second-order valence-electron chi connectivity index (χ2n) is 3.74. The van der Waals surface area contributed by atoms with E-state index in [0.717, 1.165) is 20.5 Å². The first-order valence-corrected chi connectivity index (χ1v) is 6.55. The summed E-state index contributed by atoms with van der Waals surface area (Å²) in [5.41, 5.74) is 3.61. The lowest BCUT2D eigenvalue weighted by atomic mass is 10.1. The molecule has 0 aliphatic carbocycles. The van der Waals surface area contributed by atoms with Crippen LogP contribution in [0.25, 0.3) is 10.4 Å². The van der Waals surface area contributed by atoms with Gasteiger partial charge in [0.05, 0.1) is 4.88 Å². The second kappa shape index (κ2) is 4.52. The SMILES string of the molecule is Cc1cc(-c2ccc(C=O)s2)cc(C)c1Br. The van der Waals surface area contributed by atoms with Gasteiger partial charge in [-0.3, -0.25) is 4.79 Å². The maximum atomic E-state index is 10.6. The van der Waals surface area contributed by atoms with E-state index in [1.165, 1.54) is 28.0 Å². The van der Waals surface area contributed by atoms with E-state index >= 15 is 0 Å². The topological polar surface area (TPSA) is 17.1 Å². The van der Waals surface area contributed by atoms with Gasteiger partial charge < -0.3 is 0 Å². The summed E-state index contributed by atoms with van der Waals surface area (Å²) in [4.78, 5) is 12.6. The van der Waals surface area contributed by atoms with Crippen LogP contribution < -0.4 is 0 Å². The molecule has 1 aromatic carbocycles. The minimum Gasteiger partial charge on any atom is -0.297 e. The second-order valence-corrected chi connectivity index (χ2v) is 5.65. The maximum absolute atomic E-state index is 10.6. The van der Waals surface area contributed by atoms with Crippen LogP contribution >= 0.6 is 27.3 Å². The van der Waals surface area contributed by atoms with E-state index in [1.807, 2.05) is 12.1 Å². The zero-order valence-electron chi connectivity index (χ0n) is 9.08. The molecule has 2 aromatic rings. The summed E-state index contributed by atoms with van der Waals surface area (Å²) in [5, 5.41) is 0. The fourth-order valence-electron chi connectivity index (χ4n) is 1.66. The number of benzene rings is 1. The monoisotopic (exact) mass is 294 g/mol. The van der Waals surface area contributed by atoms with Crippen LogP contribution in [0.15, 0.2) is 28.7 Å². The van der Waals surface area contributed by atoms with Crippen LogP contribution in [0.5, 0.6) is 0 Å². The Hall–Kier alpha value is -0.930. The predicted molar refractivity (Wildman–Crippen MR) is 72.3 cm³/mol. The van der Waals surface area contributed by atoms with E-state index in [1.54, 1.807) is 0 Å². The molecule has 0 atom stereocenters. The van der Waals surface area contributed by atoms with Crippen molar-refractivity contribution in [1.82, 2.24) is 0 Å². The molecule has 82 valence electrons. The number of aryl methyl sites for hydroxylation is 2. The lowest BCUT2D eigenvalue weighted by molar-refractivity contribution is 0.112. The van der Waals surface area contributed by atoms with Crippen LogP contribution in [0, 0.1) is 13.8 Å². The molecule has 0 spiro atoms. The molecule has 1 nitrogen and oxygen atoms in total. The van der Waals surface area contributed by atoms with Crippen molar-refractivity contribution in [3.8, 4) is 10.4 Å². The Morgan fingerprint density at radius 3 is 2.31 bits per heavy atom. The average molecular weight is 295 g/mol. The average Bonchev–Trinajstić information content (AvgIpc) is 2.73. The molecule has 0 fully saturated rings. The highest BCUT2D eigenvalue weighted by Crippen LogP contribution is 2.32. The molecular weight excluding hydrogens is 284 g/mol. The summed E-state index contributed by atoms with van der Waals surface area (Å²) in [7, 11) is 0. The largest absolute Gasteiger partial charge is 0.297 e. The number of halogens is 1. The van der Waals surface area contributed by atoms with Crippen LogP contribution in [0.3, 0.4) is 0 Å². The summed E-state index contributed by atoms with van der Waals surface area (Å²) < 4.78 is 1.16. The third-order valence-electron chi connectivity index (χ3n) is 2.46. The summed E-state index contributed by atoms with van der Waals surface area (Å²) in [6, 6.07) is 8.13. The summed E-state index contributed by atoms with van der Waals surface area (Å²) >= 11 is 5.08. The van der Waals surface area contributed by atoms with E-state index in [0.29, 0.717) is 0 Å². The van der Waals surface area contributed by atoms with Crippen molar-refractivity contribution < 1.29 is 4.79 Å². The van der Waals surface area contributed by atoms with Crippen LogP contribution in [-0.2, 0) is 0 Å². The zero-order chi connectivity index (χ0) is 11.7.